The van der Waals surface area contributed by atoms with Gasteiger partial charge in [-0.3, -0.25) is 14.2 Å². The maximum absolute atomic E-state index is 13.3. The maximum atomic E-state index is 13.3. The van der Waals surface area contributed by atoms with E-state index in [2.05, 4.69) is 9.71 Å². The van der Waals surface area contributed by atoms with Crippen LogP contribution in [-0.4, -0.2) is 28.7 Å². The largest absolute Gasteiger partial charge is 0.455 e. The third kappa shape index (κ3) is 4.83. The van der Waals surface area contributed by atoms with E-state index in [0.717, 1.165) is 16.3 Å². The molecular formula is C26H21ClN4O5S2. The van der Waals surface area contributed by atoms with E-state index in [1.54, 1.807) is 42.9 Å². The number of sulfonamides is 1. The van der Waals surface area contributed by atoms with E-state index in [0.29, 0.717) is 16.4 Å². The van der Waals surface area contributed by atoms with E-state index < -0.39 is 21.6 Å². The molecule has 2 heterocycles. The van der Waals surface area contributed by atoms with Crippen molar-refractivity contribution < 1.29 is 17.9 Å². The Labute approximate surface area is 226 Å². The zero-order valence-electron chi connectivity index (χ0n) is 20.2. The van der Waals surface area contributed by atoms with E-state index in [1.807, 2.05) is 30.3 Å². The van der Waals surface area contributed by atoms with Crippen LogP contribution in [0.15, 0.2) is 82.5 Å². The molecule has 194 valence electrons. The number of carbonyl (C=O) groups excluding carboxylic acids is 1. The summed E-state index contributed by atoms with van der Waals surface area (Å²) in [6.45, 7) is 1.54. The first-order valence-corrected chi connectivity index (χ1v) is 14.0. The van der Waals surface area contributed by atoms with Gasteiger partial charge < -0.3 is 4.74 Å². The lowest BCUT2D eigenvalue weighted by molar-refractivity contribution is 0.0472. The highest BCUT2D eigenvalue weighted by Gasteiger charge is 2.24. The summed E-state index contributed by atoms with van der Waals surface area (Å²) in [6, 6.07) is 20.1. The summed E-state index contributed by atoms with van der Waals surface area (Å²) in [7, 11) is -2.60. The van der Waals surface area contributed by atoms with E-state index in [9.17, 15) is 18.0 Å². The zero-order valence-corrected chi connectivity index (χ0v) is 22.6. The van der Waals surface area contributed by atoms with Crippen molar-refractivity contribution in [2.24, 2.45) is 7.05 Å². The second kappa shape index (κ2) is 10.1. The Balaban J connectivity index is 1.40. The summed E-state index contributed by atoms with van der Waals surface area (Å²) < 4.78 is 38.1. The second-order valence-electron chi connectivity index (χ2n) is 8.34. The van der Waals surface area contributed by atoms with Gasteiger partial charge in [0.25, 0.3) is 15.6 Å². The van der Waals surface area contributed by atoms with Crippen LogP contribution < -0.4 is 10.3 Å². The van der Waals surface area contributed by atoms with Crippen molar-refractivity contribution in [2.75, 3.05) is 4.72 Å². The highest BCUT2D eigenvalue weighted by Crippen LogP contribution is 2.26. The number of nitrogens with one attached hydrogen (secondary N) is 1. The number of thiazole rings is 1. The lowest BCUT2D eigenvalue weighted by Gasteiger charge is -2.10. The average molecular weight is 569 g/mol. The van der Waals surface area contributed by atoms with E-state index in [-0.39, 0.29) is 27.8 Å². The van der Waals surface area contributed by atoms with Crippen molar-refractivity contribution >= 4 is 54.8 Å². The summed E-state index contributed by atoms with van der Waals surface area (Å²) in [4.78, 5) is 30.1. The van der Waals surface area contributed by atoms with E-state index in [4.69, 9.17) is 16.3 Å². The molecule has 1 N–H and O–H groups in total. The normalized spacial score (nSPS) is 11.6. The minimum atomic E-state index is -4.25. The van der Waals surface area contributed by atoms with Crippen molar-refractivity contribution in [3.8, 4) is 5.69 Å². The van der Waals surface area contributed by atoms with Gasteiger partial charge in [-0.05, 0) is 49.4 Å². The van der Waals surface area contributed by atoms with Crippen molar-refractivity contribution in [3.05, 3.63) is 104 Å². The number of aromatic nitrogens is 3. The van der Waals surface area contributed by atoms with Crippen LogP contribution in [0, 0.1) is 6.92 Å². The van der Waals surface area contributed by atoms with Gasteiger partial charge in [-0.15, -0.1) is 11.3 Å². The smallest absolute Gasteiger partial charge is 0.340 e. The lowest BCUT2D eigenvalue weighted by Crippen LogP contribution is -2.23. The molecule has 0 bridgehead atoms. The molecular weight excluding hydrogens is 548 g/mol. The van der Waals surface area contributed by atoms with E-state index >= 15 is 0 Å². The molecule has 0 spiro atoms. The van der Waals surface area contributed by atoms with Gasteiger partial charge >= 0.3 is 5.97 Å². The van der Waals surface area contributed by atoms with Crippen LogP contribution in [-0.2, 0) is 28.4 Å². The fourth-order valence-electron chi connectivity index (χ4n) is 3.89. The number of halogens is 1. The first-order chi connectivity index (χ1) is 18.2. The number of rotatable bonds is 7. The summed E-state index contributed by atoms with van der Waals surface area (Å²) in [5.41, 5.74) is 1.02. The molecule has 0 fully saturated rings. The van der Waals surface area contributed by atoms with Gasteiger partial charge in [-0.2, -0.15) is 0 Å². The zero-order chi connectivity index (χ0) is 27.0. The van der Waals surface area contributed by atoms with Crippen LogP contribution in [0.5, 0.6) is 0 Å². The molecule has 0 saturated heterocycles. The number of hydrogen-bond donors (Lipinski definition) is 1. The molecule has 2 aromatic heterocycles. The Morgan fingerprint density at radius 1 is 1.08 bits per heavy atom. The maximum Gasteiger partial charge on any atom is 0.340 e. The molecule has 0 aliphatic rings. The van der Waals surface area contributed by atoms with Gasteiger partial charge in [0, 0.05) is 7.05 Å². The fourth-order valence-corrected chi connectivity index (χ4v) is 6.11. The molecule has 0 atom stereocenters. The highest BCUT2D eigenvalue weighted by molar-refractivity contribution is 7.92. The SMILES string of the molecule is Cc1c(NS(=O)(=O)c2ccc(Cl)c(C(=O)OCc3nc4ccccc4s3)c2)c(=O)n(-c2ccccc2)n1C. The molecule has 5 aromatic rings. The Kier molecular flexibility index (Phi) is 6.82. The molecule has 0 radical (unpaired) electrons. The van der Waals surface area contributed by atoms with Gasteiger partial charge in [0.05, 0.1) is 37.1 Å². The predicted molar refractivity (Wildman–Crippen MR) is 147 cm³/mol. The van der Waals surface area contributed by atoms with Crippen molar-refractivity contribution in [3.63, 3.8) is 0 Å². The predicted octanol–water partition coefficient (Wildman–Crippen LogP) is 4.91. The summed E-state index contributed by atoms with van der Waals surface area (Å²) in [5.74, 6) is -0.798. The number of carbonyl (C=O) groups is 1. The first kappa shape index (κ1) is 25.7. The van der Waals surface area contributed by atoms with Gasteiger partial charge in [-0.1, -0.05) is 41.9 Å². The van der Waals surface area contributed by atoms with E-state index in [1.165, 1.54) is 28.2 Å². The highest BCUT2D eigenvalue weighted by atomic mass is 35.5. The molecule has 5 rings (SSSR count). The third-order valence-corrected chi connectivity index (χ3v) is 8.61. The number of fused-ring (bicyclic) bond motifs is 1. The van der Waals surface area contributed by atoms with Crippen LogP contribution in [0.3, 0.4) is 0 Å². The number of anilines is 1. The number of para-hydroxylation sites is 2. The molecule has 3 aromatic carbocycles. The lowest BCUT2D eigenvalue weighted by atomic mass is 10.2. The summed E-state index contributed by atoms with van der Waals surface area (Å²) in [6.07, 6.45) is 0. The number of ether oxygens (including phenoxy) is 1. The molecule has 0 amide bonds. The minimum absolute atomic E-state index is 0.0283. The quantitative estimate of drug-likeness (QED) is 0.279. The number of esters is 1. The Bertz CT molecular complexity index is 1810. The second-order valence-corrected chi connectivity index (χ2v) is 11.5. The van der Waals surface area contributed by atoms with Gasteiger partial charge in [0.1, 0.15) is 17.3 Å². The van der Waals surface area contributed by atoms with Gasteiger partial charge in [0.2, 0.25) is 0 Å². The molecule has 0 aliphatic heterocycles. The number of benzene rings is 3. The standard InChI is InChI=1S/C26H21ClN4O5S2/c1-16-24(25(32)31(30(16)2)17-8-4-3-5-9-17)29-38(34,35)18-12-13-20(27)19(14-18)26(33)36-15-23-28-21-10-6-7-11-22(21)37-23/h3-14,29H,15H2,1-2H3. The van der Waals surface area contributed by atoms with Crippen molar-refractivity contribution in [1.29, 1.82) is 0 Å². The Morgan fingerprint density at radius 2 is 1.79 bits per heavy atom. The first-order valence-electron chi connectivity index (χ1n) is 11.3. The number of hydrogen-bond acceptors (Lipinski definition) is 7. The Hall–Kier alpha value is -3.93. The molecule has 0 unspecified atom stereocenters. The molecule has 38 heavy (non-hydrogen) atoms. The van der Waals surface area contributed by atoms with Gasteiger partial charge in [0.15, 0.2) is 0 Å². The fraction of sp³-hybridized carbons (Fsp3) is 0.115. The minimum Gasteiger partial charge on any atom is -0.455 e. The topological polar surface area (TPSA) is 112 Å². The van der Waals surface area contributed by atoms with Crippen molar-refractivity contribution in [2.45, 2.75) is 18.4 Å². The summed E-state index contributed by atoms with van der Waals surface area (Å²) in [5, 5.41) is 0.621. The molecule has 0 saturated carbocycles. The number of nitrogens with zero attached hydrogens (tertiary/aromatic N) is 3. The molecule has 0 aliphatic carbocycles. The summed E-state index contributed by atoms with van der Waals surface area (Å²) >= 11 is 7.59. The average Bonchev–Trinajstić information content (AvgIpc) is 3.42. The van der Waals surface area contributed by atoms with Crippen LogP contribution >= 0.6 is 22.9 Å². The van der Waals surface area contributed by atoms with Gasteiger partial charge in [-0.25, -0.2) is 22.9 Å². The molecule has 9 nitrogen and oxygen atoms in total. The molecule has 12 heteroatoms. The third-order valence-electron chi connectivity index (χ3n) is 5.92. The monoisotopic (exact) mass is 568 g/mol. The van der Waals surface area contributed by atoms with Crippen molar-refractivity contribution in [1.82, 2.24) is 14.3 Å². The van der Waals surface area contributed by atoms with Crippen LogP contribution in [0.25, 0.3) is 15.9 Å². The van der Waals surface area contributed by atoms with Crippen LogP contribution in [0.2, 0.25) is 5.02 Å². The van der Waals surface area contributed by atoms with Crippen LogP contribution in [0.4, 0.5) is 5.69 Å². The Morgan fingerprint density at radius 3 is 2.53 bits per heavy atom. The van der Waals surface area contributed by atoms with Crippen LogP contribution in [0.1, 0.15) is 21.1 Å².